The number of ether oxygens (including phenoxy) is 1. The molecule has 2 aliphatic rings. The molecule has 2 heterocycles. The fraction of sp³-hybridized carbons (Fsp3) is 0.278. The minimum Gasteiger partial charge on any atom is -0.480 e. The summed E-state index contributed by atoms with van der Waals surface area (Å²) < 4.78 is 20.6. The Kier molecular flexibility index (Phi) is 4.03. The van der Waals surface area contributed by atoms with Crippen molar-refractivity contribution in [1.82, 2.24) is 4.98 Å². The van der Waals surface area contributed by atoms with Crippen LogP contribution >= 0.6 is 15.9 Å². The number of Topliss-reactive ketones (excluding diaryl/α,β-unsaturated/α-hetero) is 1. The fourth-order valence-electron chi connectivity index (χ4n) is 3.30. The van der Waals surface area contributed by atoms with Gasteiger partial charge in [0.2, 0.25) is 0 Å². The first-order valence-electron chi connectivity index (χ1n) is 7.98. The summed E-state index contributed by atoms with van der Waals surface area (Å²) in [4.78, 5) is 30.0. The summed E-state index contributed by atoms with van der Waals surface area (Å²) in [7, 11) is 0. The first-order valence-corrected chi connectivity index (χ1v) is 8.77. The third-order valence-electron chi connectivity index (χ3n) is 4.53. The van der Waals surface area contributed by atoms with Crippen molar-refractivity contribution in [2.75, 3.05) is 11.4 Å². The molecule has 1 aromatic heterocycles. The van der Waals surface area contributed by atoms with Crippen molar-refractivity contribution in [2.24, 2.45) is 0 Å². The van der Waals surface area contributed by atoms with Gasteiger partial charge in [-0.05, 0) is 46.1 Å². The van der Waals surface area contributed by atoms with Gasteiger partial charge in [0.1, 0.15) is 16.2 Å². The number of halogens is 2. The number of amides is 1. The van der Waals surface area contributed by atoms with Gasteiger partial charge in [0.05, 0.1) is 0 Å². The van der Waals surface area contributed by atoms with Gasteiger partial charge >= 0.3 is 0 Å². The Morgan fingerprint density at radius 2 is 2.08 bits per heavy atom. The fourth-order valence-corrected chi connectivity index (χ4v) is 3.64. The van der Waals surface area contributed by atoms with Crippen LogP contribution in [0.1, 0.15) is 28.8 Å². The van der Waals surface area contributed by atoms with Crippen molar-refractivity contribution in [3.05, 3.63) is 52.0 Å². The van der Waals surface area contributed by atoms with Crippen LogP contribution in [0.3, 0.4) is 0 Å². The van der Waals surface area contributed by atoms with Crippen LogP contribution in [0.4, 0.5) is 10.1 Å². The Balaban J connectivity index is 1.57. The van der Waals surface area contributed by atoms with Gasteiger partial charge in [-0.3, -0.25) is 9.59 Å². The lowest BCUT2D eigenvalue weighted by atomic mass is 10.1. The van der Waals surface area contributed by atoms with Gasteiger partial charge in [0.15, 0.2) is 11.9 Å². The van der Waals surface area contributed by atoms with Crippen molar-refractivity contribution < 1.29 is 18.7 Å². The maximum atomic E-state index is 14.3. The largest absolute Gasteiger partial charge is 0.480 e. The van der Waals surface area contributed by atoms with E-state index in [1.54, 1.807) is 24.4 Å². The number of anilines is 1. The number of benzene rings is 1. The van der Waals surface area contributed by atoms with E-state index in [0.717, 1.165) is 0 Å². The summed E-state index contributed by atoms with van der Waals surface area (Å²) in [6, 6.07) is 6.32. The minimum absolute atomic E-state index is 0.0724. The number of hydrogen-bond donors (Lipinski definition) is 0. The Morgan fingerprint density at radius 3 is 2.88 bits per heavy atom. The van der Waals surface area contributed by atoms with Crippen molar-refractivity contribution >= 4 is 33.3 Å². The van der Waals surface area contributed by atoms with Crippen LogP contribution in [-0.2, 0) is 11.2 Å². The summed E-state index contributed by atoms with van der Waals surface area (Å²) in [5, 5.41) is 0. The van der Waals surface area contributed by atoms with E-state index in [4.69, 9.17) is 4.74 Å². The molecule has 1 aliphatic heterocycles. The highest BCUT2D eigenvalue weighted by Gasteiger charge is 2.36. The topological polar surface area (TPSA) is 59.5 Å². The molecule has 1 saturated heterocycles. The van der Waals surface area contributed by atoms with E-state index in [1.807, 2.05) is 0 Å². The SMILES string of the molecule is O=C1CCc2c(F)cc(N3CCC(Oc4ccnc(Br)c4)C3=O)cc21. The number of rotatable bonds is 3. The number of fused-ring (bicyclic) bond motifs is 1. The van der Waals surface area contributed by atoms with E-state index in [-0.39, 0.29) is 11.7 Å². The predicted molar refractivity (Wildman–Crippen MR) is 92.4 cm³/mol. The van der Waals surface area contributed by atoms with Gasteiger partial charge in [-0.25, -0.2) is 9.37 Å². The quantitative estimate of drug-likeness (QED) is 0.736. The zero-order valence-corrected chi connectivity index (χ0v) is 14.8. The molecule has 5 nitrogen and oxygen atoms in total. The molecule has 0 saturated carbocycles. The molecule has 128 valence electrons. The van der Waals surface area contributed by atoms with E-state index in [9.17, 15) is 14.0 Å². The molecule has 1 amide bonds. The molecule has 1 aromatic carbocycles. The smallest absolute Gasteiger partial charge is 0.268 e. The van der Waals surface area contributed by atoms with Crippen LogP contribution in [0, 0.1) is 5.82 Å². The highest BCUT2D eigenvalue weighted by atomic mass is 79.9. The molecule has 0 N–H and O–H groups in total. The summed E-state index contributed by atoms with van der Waals surface area (Å²) in [5.74, 6) is -0.194. The molecule has 4 rings (SSSR count). The zero-order chi connectivity index (χ0) is 17.6. The van der Waals surface area contributed by atoms with Crippen LogP contribution in [0.5, 0.6) is 5.75 Å². The van der Waals surface area contributed by atoms with Crippen LogP contribution in [0.25, 0.3) is 0 Å². The van der Waals surface area contributed by atoms with Gasteiger partial charge in [-0.15, -0.1) is 0 Å². The molecule has 25 heavy (non-hydrogen) atoms. The number of ketones is 1. The molecule has 1 unspecified atom stereocenters. The average molecular weight is 405 g/mol. The number of aromatic nitrogens is 1. The van der Waals surface area contributed by atoms with E-state index < -0.39 is 11.9 Å². The van der Waals surface area contributed by atoms with Gasteiger partial charge in [-0.1, -0.05) is 0 Å². The average Bonchev–Trinajstić information content (AvgIpc) is 3.12. The number of pyridine rings is 1. The van der Waals surface area contributed by atoms with Gasteiger partial charge in [-0.2, -0.15) is 0 Å². The monoisotopic (exact) mass is 404 g/mol. The zero-order valence-electron chi connectivity index (χ0n) is 13.2. The molecule has 1 atom stereocenters. The number of carbonyl (C=O) groups is 2. The second-order valence-corrected chi connectivity index (χ2v) is 6.89. The van der Waals surface area contributed by atoms with Crippen LogP contribution in [0.15, 0.2) is 35.1 Å². The summed E-state index contributed by atoms with van der Waals surface area (Å²) >= 11 is 3.26. The van der Waals surface area contributed by atoms with E-state index in [1.165, 1.54) is 11.0 Å². The number of hydrogen-bond acceptors (Lipinski definition) is 4. The Bertz CT molecular complexity index is 887. The van der Waals surface area contributed by atoms with Gasteiger partial charge in [0.25, 0.3) is 5.91 Å². The minimum atomic E-state index is -0.638. The molecule has 0 spiro atoms. The van der Waals surface area contributed by atoms with Gasteiger partial charge < -0.3 is 9.64 Å². The Labute approximate surface area is 151 Å². The van der Waals surface area contributed by atoms with E-state index in [0.29, 0.717) is 53.0 Å². The van der Waals surface area contributed by atoms with Crippen molar-refractivity contribution in [1.29, 1.82) is 0 Å². The van der Waals surface area contributed by atoms with Crippen molar-refractivity contribution in [3.63, 3.8) is 0 Å². The standard InChI is InChI=1S/C18H14BrFN2O3/c19-17-9-11(3-5-21-17)25-16-4-6-22(18(16)24)10-7-13-12(14(20)8-10)1-2-15(13)23/h3,5,7-9,16H,1-2,4,6H2. The van der Waals surface area contributed by atoms with E-state index >= 15 is 0 Å². The molecule has 2 aromatic rings. The summed E-state index contributed by atoms with van der Waals surface area (Å²) in [5.41, 5.74) is 1.26. The maximum Gasteiger partial charge on any atom is 0.268 e. The normalized spacial score (nSPS) is 19.4. The summed E-state index contributed by atoms with van der Waals surface area (Å²) in [6.07, 6.45) is 2.19. The molecular formula is C18H14BrFN2O3. The first-order chi connectivity index (χ1) is 12.0. The van der Waals surface area contributed by atoms with Crippen molar-refractivity contribution in [2.45, 2.75) is 25.4 Å². The van der Waals surface area contributed by atoms with Crippen molar-refractivity contribution in [3.8, 4) is 5.75 Å². The second kappa shape index (κ2) is 6.22. The van der Waals surface area contributed by atoms with Crippen LogP contribution < -0.4 is 9.64 Å². The third-order valence-corrected chi connectivity index (χ3v) is 4.96. The van der Waals surface area contributed by atoms with E-state index in [2.05, 4.69) is 20.9 Å². The highest BCUT2D eigenvalue weighted by Crippen LogP contribution is 2.32. The predicted octanol–water partition coefficient (Wildman–Crippen LogP) is 3.30. The van der Waals surface area contributed by atoms with Gasteiger partial charge in [0, 0.05) is 42.9 Å². The molecule has 1 fully saturated rings. The lowest BCUT2D eigenvalue weighted by Crippen LogP contribution is -2.32. The molecule has 1 aliphatic carbocycles. The molecule has 0 bridgehead atoms. The Hall–Kier alpha value is -2.28. The first kappa shape index (κ1) is 16.2. The number of nitrogens with zero attached hydrogens (tertiary/aromatic N) is 2. The lowest BCUT2D eigenvalue weighted by Gasteiger charge is -2.18. The molecule has 0 radical (unpaired) electrons. The summed E-state index contributed by atoms with van der Waals surface area (Å²) in [6.45, 7) is 0.419. The second-order valence-electron chi connectivity index (χ2n) is 6.08. The van der Waals surface area contributed by atoms with Crippen LogP contribution in [0.2, 0.25) is 0 Å². The third kappa shape index (κ3) is 2.93. The lowest BCUT2D eigenvalue weighted by molar-refractivity contribution is -0.122. The highest BCUT2D eigenvalue weighted by molar-refractivity contribution is 9.10. The maximum absolute atomic E-state index is 14.3. The number of carbonyl (C=O) groups excluding carboxylic acids is 2. The van der Waals surface area contributed by atoms with Crippen LogP contribution in [-0.4, -0.2) is 29.3 Å². The molecule has 7 heteroatoms. The molecular weight excluding hydrogens is 391 g/mol. The Morgan fingerprint density at radius 1 is 1.24 bits per heavy atom.